The van der Waals surface area contributed by atoms with Gasteiger partial charge in [-0.15, -0.1) is 0 Å². The fourth-order valence-corrected chi connectivity index (χ4v) is 2.26. The van der Waals surface area contributed by atoms with Gasteiger partial charge in [0.2, 0.25) is 5.88 Å². The van der Waals surface area contributed by atoms with Crippen LogP contribution in [-0.4, -0.2) is 5.16 Å². The van der Waals surface area contributed by atoms with Crippen LogP contribution in [0.5, 0.6) is 0 Å². The number of nitrogens with zero attached hydrogens (tertiary/aromatic N) is 1. The third kappa shape index (κ3) is 1.32. The van der Waals surface area contributed by atoms with E-state index in [0.29, 0.717) is 11.8 Å². The molecule has 0 spiro atoms. The predicted molar refractivity (Wildman–Crippen MR) is 51.4 cm³/mol. The first kappa shape index (κ1) is 8.60. The van der Waals surface area contributed by atoms with Crippen molar-refractivity contribution in [2.45, 2.75) is 39.0 Å². The molecule has 2 rings (SSSR count). The second-order valence-electron chi connectivity index (χ2n) is 4.07. The van der Waals surface area contributed by atoms with Gasteiger partial charge in [-0.3, -0.25) is 0 Å². The highest BCUT2D eigenvalue weighted by molar-refractivity contribution is 5.39. The van der Waals surface area contributed by atoms with Crippen molar-refractivity contribution in [3.63, 3.8) is 0 Å². The summed E-state index contributed by atoms with van der Waals surface area (Å²) in [6.45, 7) is 4.27. The third-order valence-electron chi connectivity index (χ3n) is 3.21. The number of rotatable bonds is 1. The summed E-state index contributed by atoms with van der Waals surface area (Å²) in [4.78, 5) is 0. The lowest BCUT2D eigenvalue weighted by Gasteiger charge is -2.11. The second-order valence-corrected chi connectivity index (χ2v) is 4.07. The molecule has 1 aliphatic carbocycles. The summed E-state index contributed by atoms with van der Waals surface area (Å²) in [5, 5.41) is 4.05. The van der Waals surface area contributed by atoms with Gasteiger partial charge in [0.1, 0.15) is 0 Å². The van der Waals surface area contributed by atoms with Gasteiger partial charge in [-0.25, -0.2) is 0 Å². The summed E-state index contributed by atoms with van der Waals surface area (Å²) >= 11 is 0. The van der Waals surface area contributed by atoms with E-state index >= 15 is 0 Å². The van der Waals surface area contributed by atoms with Crippen LogP contribution in [0.2, 0.25) is 0 Å². The third-order valence-corrected chi connectivity index (χ3v) is 3.21. The van der Waals surface area contributed by atoms with E-state index in [2.05, 4.69) is 12.1 Å². The van der Waals surface area contributed by atoms with E-state index in [9.17, 15) is 0 Å². The summed E-state index contributed by atoms with van der Waals surface area (Å²) in [5.74, 6) is 1.78. The van der Waals surface area contributed by atoms with Gasteiger partial charge in [-0.1, -0.05) is 24.9 Å². The Bertz CT molecular complexity index is 306. The summed E-state index contributed by atoms with van der Waals surface area (Å²) in [5.41, 5.74) is 7.75. The first-order valence-corrected chi connectivity index (χ1v) is 4.91. The van der Waals surface area contributed by atoms with Gasteiger partial charge >= 0.3 is 0 Å². The smallest absolute Gasteiger partial charge is 0.225 e. The van der Waals surface area contributed by atoms with E-state index in [1.807, 2.05) is 6.92 Å². The van der Waals surface area contributed by atoms with E-state index in [1.165, 1.54) is 19.3 Å². The molecule has 0 aliphatic heterocycles. The lowest BCUT2D eigenvalue weighted by atomic mass is 9.92. The van der Waals surface area contributed by atoms with Crippen molar-refractivity contribution in [2.75, 3.05) is 5.73 Å². The number of hydrogen-bond donors (Lipinski definition) is 1. The summed E-state index contributed by atoms with van der Waals surface area (Å²) in [6.07, 6.45) is 3.84. The fraction of sp³-hybridized carbons (Fsp3) is 0.700. The number of nitrogens with two attached hydrogens (primary N) is 1. The number of aromatic nitrogens is 1. The van der Waals surface area contributed by atoms with E-state index in [0.717, 1.165) is 17.2 Å². The molecule has 2 unspecified atom stereocenters. The van der Waals surface area contributed by atoms with Crippen molar-refractivity contribution in [2.24, 2.45) is 5.92 Å². The molecule has 1 aliphatic rings. The van der Waals surface area contributed by atoms with Gasteiger partial charge in [0.05, 0.1) is 5.69 Å². The Morgan fingerprint density at radius 1 is 1.46 bits per heavy atom. The maximum absolute atomic E-state index is 5.62. The molecule has 72 valence electrons. The normalized spacial score (nSPS) is 28.2. The maximum Gasteiger partial charge on any atom is 0.225 e. The quantitative estimate of drug-likeness (QED) is 0.722. The standard InChI is InChI=1S/C10H16N2O/c1-6-4-3-5-8(6)9-7(2)10(11)13-12-9/h6,8H,3-5,11H2,1-2H3. The van der Waals surface area contributed by atoms with Gasteiger partial charge in [-0.05, 0) is 19.3 Å². The second kappa shape index (κ2) is 3.05. The Hall–Kier alpha value is -0.990. The molecule has 1 aromatic rings. The van der Waals surface area contributed by atoms with Crippen LogP contribution in [0.1, 0.15) is 43.4 Å². The lowest BCUT2D eigenvalue weighted by molar-refractivity contribution is 0.407. The van der Waals surface area contributed by atoms with E-state index < -0.39 is 0 Å². The first-order valence-electron chi connectivity index (χ1n) is 4.91. The minimum Gasteiger partial charge on any atom is -0.367 e. The Morgan fingerprint density at radius 3 is 2.69 bits per heavy atom. The van der Waals surface area contributed by atoms with Crippen molar-refractivity contribution < 1.29 is 4.52 Å². The van der Waals surface area contributed by atoms with Crippen LogP contribution in [0, 0.1) is 12.8 Å². The zero-order valence-corrected chi connectivity index (χ0v) is 8.21. The maximum atomic E-state index is 5.62. The van der Waals surface area contributed by atoms with Gasteiger partial charge < -0.3 is 10.3 Å². The molecule has 3 nitrogen and oxygen atoms in total. The van der Waals surface area contributed by atoms with Crippen molar-refractivity contribution in [1.29, 1.82) is 0 Å². The SMILES string of the molecule is Cc1c(C2CCCC2C)noc1N. The minimum atomic E-state index is 0.481. The molecule has 0 bridgehead atoms. The zero-order chi connectivity index (χ0) is 9.42. The molecule has 0 saturated heterocycles. The molecule has 0 aromatic carbocycles. The molecule has 0 radical (unpaired) electrons. The van der Waals surface area contributed by atoms with Crippen LogP contribution >= 0.6 is 0 Å². The van der Waals surface area contributed by atoms with Gasteiger partial charge in [0.25, 0.3) is 0 Å². The molecular formula is C10H16N2O. The Morgan fingerprint density at radius 2 is 2.23 bits per heavy atom. The molecule has 1 saturated carbocycles. The lowest BCUT2D eigenvalue weighted by Crippen LogP contribution is -2.04. The Balaban J connectivity index is 2.29. The van der Waals surface area contributed by atoms with Crippen LogP contribution in [0.4, 0.5) is 5.88 Å². The van der Waals surface area contributed by atoms with Gasteiger partial charge in [0, 0.05) is 11.5 Å². The topological polar surface area (TPSA) is 52.0 Å². The molecular weight excluding hydrogens is 164 g/mol. The van der Waals surface area contributed by atoms with Crippen molar-refractivity contribution in [3.8, 4) is 0 Å². The molecule has 3 heteroatoms. The molecule has 13 heavy (non-hydrogen) atoms. The van der Waals surface area contributed by atoms with E-state index in [4.69, 9.17) is 10.3 Å². The molecule has 2 atom stereocenters. The van der Waals surface area contributed by atoms with Crippen LogP contribution in [0.25, 0.3) is 0 Å². The molecule has 2 N–H and O–H groups in total. The Kier molecular flexibility index (Phi) is 2.02. The fourth-order valence-electron chi connectivity index (χ4n) is 2.26. The predicted octanol–water partition coefficient (Wildman–Crippen LogP) is 2.47. The first-order chi connectivity index (χ1) is 6.20. The highest BCUT2D eigenvalue weighted by Crippen LogP contribution is 2.40. The molecule has 1 heterocycles. The van der Waals surface area contributed by atoms with Crippen LogP contribution in [0.3, 0.4) is 0 Å². The number of hydrogen-bond acceptors (Lipinski definition) is 3. The summed E-state index contributed by atoms with van der Waals surface area (Å²) in [7, 11) is 0. The summed E-state index contributed by atoms with van der Waals surface area (Å²) in [6, 6.07) is 0. The average molecular weight is 180 g/mol. The zero-order valence-electron chi connectivity index (χ0n) is 8.21. The van der Waals surface area contributed by atoms with Crippen LogP contribution in [0.15, 0.2) is 4.52 Å². The van der Waals surface area contributed by atoms with Crippen LogP contribution < -0.4 is 5.73 Å². The van der Waals surface area contributed by atoms with Crippen molar-refractivity contribution >= 4 is 5.88 Å². The molecule has 1 aromatic heterocycles. The van der Waals surface area contributed by atoms with Crippen LogP contribution in [-0.2, 0) is 0 Å². The Labute approximate surface area is 78.3 Å². The summed E-state index contributed by atoms with van der Waals surface area (Å²) < 4.78 is 4.98. The van der Waals surface area contributed by atoms with E-state index in [1.54, 1.807) is 0 Å². The largest absolute Gasteiger partial charge is 0.367 e. The highest BCUT2D eigenvalue weighted by atomic mass is 16.5. The minimum absolute atomic E-state index is 0.481. The number of nitrogen functional groups attached to an aromatic ring is 1. The van der Waals surface area contributed by atoms with Gasteiger partial charge in [-0.2, -0.15) is 0 Å². The highest BCUT2D eigenvalue weighted by Gasteiger charge is 2.29. The van der Waals surface area contributed by atoms with Gasteiger partial charge in [0.15, 0.2) is 0 Å². The molecule has 1 fully saturated rings. The average Bonchev–Trinajstić information content (AvgIpc) is 2.62. The number of anilines is 1. The van der Waals surface area contributed by atoms with E-state index in [-0.39, 0.29) is 0 Å². The molecule has 0 amide bonds. The van der Waals surface area contributed by atoms with Crippen molar-refractivity contribution in [3.05, 3.63) is 11.3 Å². The monoisotopic (exact) mass is 180 g/mol. The van der Waals surface area contributed by atoms with Crippen molar-refractivity contribution in [1.82, 2.24) is 5.16 Å².